The molecule has 3 aromatic heterocycles. The highest BCUT2D eigenvalue weighted by atomic mass is 32.2. The topological polar surface area (TPSA) is 199 Å². The second-order valence-corrected chi connectivity index (χ2v) is 23.8. The molecule has 1 unspecified atom stereocenters. The Morgan fingerprint density at radius 1 is 0.922 bits per heavy atom. The summed E-state index contributed by atoms with van der Waals surface area (Å²) in [6, 6.07) is 29.1. The molecule has 4 aromatic carbocycles. The molecule has 4 aliphatic heterocycles. The number of nitrogens with one attached hydrogen (secondary N) is 4. The lowest BCUT2D eigenvalue weighted by molar-refractivity contribution is -0.0628. The van der Waals surface area contributed by atoms with Gasteiger partial charge in [0.05, 0.1) is 48.1 Å². The van der Waals surface area contributed by atoms with Crippen LogP contribution in [-0.4, -0.2) is 129 Å². The van der Waals surface area contributed by atoms with E-state index >= 15 is 4.39 Å². The summed E-state index contributed by atoms with van der Waals surface area (Å²) in [7, 11) is -2.87. The summed E-state index contributed by atoms with van der Waals surface area (Å²) < 4.78 is 63.7. The number of aromatic amines is 2. The second kappa shape index (κ2) is 20.5. The number of nitrogen functional groups attached to an aromatic ring is 1. The number of H-pyrrole nitrogens is 2. The molecule has 0 radical (unpaired) electrons. The number of methoxy groups -OCH3 is 1. The standard InChI is InChI=1S/C58H68FN11O6S/c1-37(2)43-6-4-5-7-44(43)49-34-67(33-38-8-11-42(74-3)12-9-38)22-23-69(49)41-31-57(32-41)15-20-68(21-16-57)40-10-13-45(47(29-40)70-24-27-76-56-48(70)28-39-14-19-61-54(39)65-56)55(71)66-77(72,73)50-30-46(60)51(53-52(50)63-36-64-53)62-35-58(59)17-25-75-26-18-58/h4-14,19,28-30,36-37,41,49,62H,15-18,20-27,31-35,60H2,1-3H3,(H,61,65)(H,63,64)(H,66,71). The number of imidazole rings is 1. The van der Waals surface area contributed by atoms with Crippen LogP contribution in [0, 0.1) is 5.41 Å². The maximum Gasteiger partial charge on any atom is 0.267 e. The van der Waals surface area contributed by atoms with Crippen LogP contribution in [0.25, 0.3) is 22.1 Å². The van der Waals surface area contributed by atoms with Crippen LogP contribution in [0.5, 0.6) is 11.6 Å². The number of piperazine rings is 1. The quantitative estimate of drug-likeness (QED) is 0.0647. The van der Waals surface area contributed by atoms with Gasteiger partial charge in [0.25, 0.3) is 15.9 Å². The van der Waals surface area contributed by atoms with Crippen molar-refractivity contribution in [2.75, 3.05) is 93.6 Å². The second-order valence-electron chi connectivity index (χ2n) is 22.1. The summed E-state index contributed by atoms with van der Waals surface area (Å²) >= 11 is 0. The molecule has 1 atom stereocenters. The molecule has 3 saturated heterocycles. The average Bonchev–Trinajstić information content (AvgIpc) is 4.20. The molecule has 1 spiro atoms. The predicted molar refractivity (Wildman–Crippen MR) is 298 cm³/mol. The average molecular weight is 1070 g/mol. The van der Waals surface area contributed by atoms with Crippen molar-refractivity contribution in [1.29, 1.82) is 0 Å². The molecule has 404 valence electrons. The Bertz CT molecular complexity index is 3420. The molecular formula is C58H68FN11O6S. The van der Waals surface area contributed by atoms with Crippen molar-refractivity contribution in [3.8, 4) is 11.6 Å². The Kier molecular flexibility index (Phi) is 13.5. The highest BCUT2D eigenvalue weighted by molar-refractivity contribution is 7.90. The number of sulfonamides is 1. The van der Waals surface area contributed by atoms with Gasteiger partial charge in [0, 0.05) is 101 Å². The van der Waals surface area contributed by atoms with E-state index < -0.39 is 21.6 Å². The van der Waals surface area contributed by atoms with Gasteiger partial charge in [0.2, 0.25) is 5.88 Å². The molecule has 17 nitrogen and oxygen atoms in total. The maximum atomic E-state index is 15.6. The molecule has 1 aliphatic carbocycles. The number of nitrogens with two attached hydrogens (primary N) is 1. The number of nitrogens with zero attached hydrogens (tertiary/aromatic N) is 6. The first-order valence-corrected chi connectivity index (χ1v) is 28.5. The van der Waals surface area contributed by atoms with Crippen molar-refractivity contribution >= 4 is 66.4 Å². The number of fused-ring (bicyclic) bond motifs is 3. The Morgan fingerprint density at radius 2 is 1.71 bits per heavy atom. The van der Waals surface area contributed by atoms with Crippen LogP contribution in [0.3, 0.4) is 0 Å². The third-order valence-corrected chi connectivity index (χ3v) is 18.4. The molecule has 19 heteroatoms. The summed E-state index contributed by atoms with van der Waals surface area (Å²) in [5.74, 6) is 0.876. The van der Waals surface area contributed by atoms with E-state index in [9.17, 15) is 13.2 Å². The van der Waals surface area contributed by atoms with Gasteiger partial charge in [-0.25, -0.2) is 22.5 Å². The summed E-state index contributed by atoms with van der Waals surface area (Å²) in [6.45, 7) is 11.4. The number of rotatable bonds is 14. The van der Waals surface area contributed by atoms with Gasteiger partial charge in [0.15, 0.2) is 0 Å². The smallest absolute Gasteiger partial charge is 0.267 e. The van der Waals surface area contributed by atoms with Gasteiger partial charge in [-0.2, -0.15) is 4.98 Å². The van der Waals surface area contributed by atoms with Crippen molar-refractivity contribution in [3.63, 3.8) is 0 Å². The van der Waals surface area contributed by atoms with Gasteiger partial charge in [-0.1, -0.05) is 50.2 Å². The molecule has 7 aromatic rings. The van der Waals surface area contributed by atoms with Crippen LogP contribution < -0.4 is 35.0 Å². The van der Waals surface area contributed by atoms with Crippen molar-refractivity contribution in [2.24, 2.45) is 5.41 Å². The van der Waals surface area contributed by atoms with Gasteiger partial charge in [-0.05, 0) is 102 Å². The highest BCUT2D eigenvalue weighted by Gasteiger charge is 2.50. The van der Waals surface area contributed by atoms with E-state index in [1.54, 1.807) is 13.2 Å². The number of halogens is 1. The summed E-state index contributed by atoms with van der Waals surface area (Å²) in [6.07, 6.45) is 8.01. The fourth-order valence-electron chi connectivity index (χ4n) is 12.7. The van der Waals surface area contributed by atoms with Crippen LogP contribution in [0.15, 0.2) is 102 Å². The highest BCUT2D eigenvalue weighted by Crippen LogP contribution is 2.54. The molecule has 7 heterocycles. The summed E-state index contributed by atoms with van der Waals surface area (Å²) in [4.78, 5) is 39.4. The lowest BCUT2D eigenvalue weighted by Crippen LogP contribution is -2.60. The van der Waals surface area contributed by atoms with Crippen LogP contribution in [0.4, 0.5) is 32.8 Å². The number of ether oxygens (including phenoxy) is 3. The number of hydrogen-bond donors (Lipinski definition) is 5. The van der Waals surface area contributed by atoms with Gasteiger partial charge in [0.1, 0.15) is 39.8 Å². The number of piperidine rings is 1. The SMILES string of the molecule is COc1ccc(CN2CCN(C3CC4(CCN(c5ccc(C(=O)NS(=O)(=O)c6cc(N)c(NCC7(F)CCOCC7)c7[nH]cnc67)c(N6CCOc7nc8[nH]ccc8cc76)c5)CC4)C3)C(c3ccccc3C(C)C)C2)cc1. The first-order valence-electron chi connectivity index (χ1n) is 27.1. The van der Waals surface area contributed by atoms with Crippen LogP contribution in [-0.2, 0) is 21.3 Å². The predicted octanol–water partition coefficient (Wildman–Crippen LogP) is 9.04. The first kappa shape index (κ1) is 50.9. The maximum absolute atomic E-state index is 15.6. The molecule has 12 rings (SSSR count). The number of alkyl halides is 1. The van der Waals surface area contributed by atoms with E-state index in [4.69, 9.17) is 24.9 Å². The van der Waals surface area contributed by atoms with E-state index in [-0.39, 0.29) is 52.0 Å². The first-order chi connectivity index (χ1) is 37.3. The number of amides is 1. The van der Waals surface area contributed by atoms with Crippen LogP contribution >= 0.6 is 0 Å². The zero-order valence-electron chi connectivity index (χ0n) is 44.0. The van der Waals surface area contributed by atoms with E-state index in [0.717, 1.165) is 81.8 Å². The van der Waals surface area contributed by atoms with E-state index in [2.05, 4.69) is 102 Å². The largest absolute Gasteiger partial charge is 0.497 e. The number of anilines is 5. The summed E-state index contributed by atoms with van der Waals surface area (Å²) in [5, 5.41) is 3.96. The van der Waals surface area contributed by atoms with Crippen molar-refractivity contribution < 1.29 is 31.8 Å². The van der Waals surface area contributed by atoms with Crippen LogP contribution in [0.2, 0.25) is 0 Å². The van der Waals surface area contributed by atoms with Crippen molar-refractivity contribution in [3.05, 3.63) is 120 Å². The molecule has 5 aliphatic rings. The van der Waals surface area contributed by atoms with E-state index in [0.29, 0.717) is 73.0 Å². The number of carbonyl (C=O) groups excluding carboxylic acids is 1. The number of pyridine rings is 1. The molecule has 0 bridgehead atoms. The Labute approximate surface area is 448 Å². The molecule has 6 N–H and O–H groups in total. The molecule has 77 heavy (non-hydrogen) atoms. The van der Waals surface area contributed by atoms with Gasteiger partial charge in [-0.3, -0.25) is 14.6 Å². The Hall–Kier alpha value is -6.93. The van der Waals surface area contributed by atoms with Gasteiger partial charge >= 0.3 is 0 Å². The van der Waals surface area contributed by atoms with Gasteiger partial charge in [-0.15, -0.1) is 0 Å². The van der Waals surface area contributed by atoms with Gasteiger partial charge < -0.3 is 45.0 Å². The molecule has 1 saturated carbocycles. The third-order valence-electron chi connectivity index (χ3n) is 17.1. The third kappa shape index (κ3) is 9.91. The minimum absolute atomic E-state index is 0.0504. The van der Waals surface area contributed by atoms with Crippen molar-refractivity contribution in [2.45, 2.75) is 87.5 Å². The Morgan fingerprint density at radius 3 is 2.49 bits per heavy atom. The summed E-state index contributed by atoms with van der Waals surface area (Å²) in [5.41, 5.74) is 13.1. The zero-order valence-corrected chi connectivity index (χ0v) is 44.8. The van der Waals surface area contributed by atoms with E-state index in [1.807, 2.05) is 35.4 Å². The molecular weight excluding hydrogens is 998 g/mol. The van der Waals surface area contributed by atoms with Crippen LogP contribution in [0.1, 0.15) is 91.4 Å². The molecule has 4 fully saturated rings. The lowest BCUT2D eigenvalue weighted by Gasteiger charge is -2.58. The monoisotopic (exact) mass is 1070 g/mol. The number of carbonyl (C=O) groups is 1. The van der Waals surface area contributed by atoms with Crippen molar-refractivity contribution in [1.82, 2.24) is 34.5 Å². The Balaban J connectivity index is 0.783. The number of hydrogen-bond acceptors (Lipinski definition) is 14. The minimum atomic E-state index is -4.58. The molecule has 1 amide bonds. The fourth-order valence-corrected chi connectivity index (χ4v) is 13.9. The number of aromatic nitrogens is 4. The minimum Gasteiger partial charge on any atom is -0.497 e. The normalized spacial score (nSPS) is 20.0. The van der Waals surface area contributed by atoms with E-state index in [1.165, 1.54) is 29.1 Å². The lowest BCUT2D eigenvalue weighted by atomic mass is 9.59. The fraction of sp³-hybridized carbons (Fsp3) is 0.431. The zero-order chi connectivity index (χ0) is 53.1. The number of benzene rings is 4.